The molecule has 3 rings (SSSR count). The monoisotopic (exact) mass is 277 g/mol. The van der Waals surface area contributed by atoms with Gasteiger partial charge in [-0.05, 0) is 38.1 Å². The number of nitrogens with two attached hydrogens (primary N) is 1. The van der Waals surface area contributed by atoms with Crippen molar-refractivity contribution in [2.45, 2.75) is 76.0 Å². The average Bonchev–Trinajstić information content (AvgIpc) is 2.82. The van der Waals surface area contributed by atoms with Crippen LogP contribution in [0.25, 0.3) is 0 Å². The van der Waals surface area contributed by atoms with Gasteiger partial charge in [-0.3, -0.25) is 0 Å². The second-order valence-electron chi connectivity index (χ2n) is 6.57. The molecule has 112 valence electrons. The summed E-state index contributed by atoms with van der Waals surface area (Å²) >= 11 is 0. The van der Waals surface area contributed by atoms with Crippen molar-refractivity contribution in [2.24, 2.45) is 11.7 Å². The van der Waals surface area contributed by atoms with E-state index < -0.39 is 0 Å². The van der Waals surface area contributed by atoms with Crippen LogP contribution in [0.5, 0.6) is 0 Å². The van der Waals surface area contributed by atoms with Crippen molar-refractivity contribution in [3.63, 3.8) is 0 Å². The van der Waals surface area contributed by atoms with Gasteiger partial charge in [-0.15, -0.1) is 0 Å². The van der Waals surface area contributed by atoms with E-state index in [1.165, 1.54) is 57.8 Å². The number of aromatic nitrogens is 2. The molecule has 1 aromatic rings. The molecule has 4 heteroatoms. The van der Waals surface area contributed by atoms with E-state index in [1.807, 2.05) is 0 Å². The molecule has 0 amide bonds. The molecule has 2 unspecified atom stereocenters. The highest BCUT2D eigenvalue weighted by molar-refractivity contribution is 5.02. The molecule has 1 heterocycles. The first-order valence-corrected chi connectivity index (χ1v) is 8.42. The maximum absolute atomic E-state index is 5.91. The Morgan fingerprint density at radius 1 is 0.950 bits per heavy atom. The Balaban J connectivity index is 1.71. The molecule has 2 atom stereocenters. The highest BCUT2D eigenvalue weighted by atomic mass is 16.5. The quantitative estimate of drug-likeness (QED) is 0.855. The normalized spacial score (nSPS) is 29.2. The van der Waals surface area contributed by atoms with Crippen LogP contribution in [0.4, 0.5) is 0 Å². The third-order valence-electron chi connectivity index (χ3n) is 5.21. The first-order valence-electron chi connectivity index (χ1n) is 8.42. The zero-order valence-corrected chi connectivity index (χ0v) is 12.4. The molecule has 2 N–H and O–H groups in total. The third kappa shape index (κ3) is 3.05. The first-order chi connectivity index (χ1) is 9.88. The van der Waals surface area contributed by atoms with Crippen molar-refractivity contribution in [2.75, 3.05) is 6.54 Å². The number of rotatable bonds is 3. The van der Waals surface area contributed by atoms with Gasteiger partial charge >= 0.3 is 0 Å². The summed E-state index contributed by atoms with van der Waals surface area (Å²) in [5, 5.41) is 4.30. The molecular weight excluding hydrogens is 250 g/mol. The molecule has 0 spiro atoms. The van der Waals surface area contributed by atoms with Gasteiger partial charge in [0.05, 0.1) is 0 Å². The predicted molar refractivity (Wildman–Crippen MR) is 78.5 cm³/mol. The summed E-state index contributed by atoms with van der Waals surface area (Å²) in [7, 11) is 0. The molecule has 2 aliphatic carbocycles. The van der Waals surface area contributed by atoms with E-state index >= 15 is 0 Å². The van der Waals surface area contributed by atoms with Gasteiger partial charge in [0, 0.05) is 11.8 Å². The van der Waals surface area contributed by atoms with Gasteiger partial charge in [-0.2, -0.15) is 4.98 Å². The third-order valence-corrected chi connectivity index (χ3v) is 5.21. The van der Waals surface area contributed by atoms with Crippen molar-refractivity contribution in [3.8, 4) is 0 Å². The number of nitrogens with zero attached hydrogens (tertiary/aromatic N) is 2. The lowest BCUT2D eigenvalue weighted by atomic mass is 9.79. The summed E-state index contributed by atoms with van der Waals surface area (Å²) in [6, 6.07) is 0. The van der Waals surface area contributed by atoms with Gasteiger partial charge < -0.3 is 10.3 Å². The van der Waals surface area contributed by atoms with Crippen LogP contribution >= 0.6 is 0 Å². The van der Waals surface area contributed by atoms with Crippen LogP contribution in [0.1, 0.15) is 87.8 Å². The molecule has 0 aliphatic heterocycles. The zero-order chi connectivity index (χ0) is 13.8. The molecule has 2 saturated carbocycles. The summed E-state index contributed by atoms with van der Waals surface area (Å²) in [5.41, 5.74) is 5.91. The minimum absolute atomic E-state index is 0.403. The van der Waals surface area contributed by atoms with Gasteiger partial charge in [0.25, 0.3) is 0 Å². The van der Waals surface area contributed by atoms with Crippen LogP contribution in [-0.2, 0) is 0 Å². The minimum Gasteiger partial charge on any atom is -0.339 e. The predicted octanol–water partition coefficient (Wildman–Crippen LogP) is 3.74. The Kier molecular flexibility index (Phi) is 4.71. The molecule has 0 saturated heterocycles. The molecule has 4 nitrogen and oxygen atoms in total. The highest BCUT2D eigenvalue weighted by Crippen LogP contribution is 2.37. The van der Waals surface area contributed by atoms with E-state index in [1.54, 1.807) is 0 Å². The fourth-order valence-electron chi connectivity index (χ4n) is 3.92. The van der Waals surface area contributed by atoms with E-state index in [0.29, 0.717) is 17.8 Å². The highest BCUT2D eigenvalue weighted by Gasteiger charge is 2.31. The van der Waals surface area contributed by atoms with Gasteiger partial charge in [-0.1, -0.05) is 43.7 Å². The van der Waals surface area contributed by atoms with Gasteiger partial charge in [0.15, 0.2) is 5.82 Å². The maximum Gasteiger partial charge on any atom is 0.230 e. The molecular formula is C16H27N3O. The fraction of sp³-hybridized carbons (Fsp3) is 0.875. The Hall–Kier alpha value is -0.900. The Labute approximate surface area is 121 Å². The molecule has 2 fully saturated rings. The summed E-state index contributed by atoms with van der Waals surface area (Å²) in [6.07, 6.45) is 12.7. The lowest BCUT2D eigenvalue weighted by molar-refractivity contribution is 0.248. The summed E-state index contributed by atoms with van der Waals surface area (Å²) in [4.78, 5) is 4.76. The van der Waals surface area contributed by atoms with Crippen LogP contribution in [0.3, 0.4) is 0 Å². The van der Waals surface area contributed by atoms with Gasteiger partial charge in [0.2, 0.25) is 5.89 Å². The van der Waals surface area contributed by atoms with Crippen molar-refractivity contribution in [1.82, 2.24) is 10.1 Å². The van der Waals surface area contributed by atoms with Gasteiger partial charge in [-0.25, -0.2) is 0 Å². The molecule has 0 bridgehead atoms. The standard InChI is InChI=1S/C16H27N3O/c17-11-13-9-5-6-10-14(13)16-18-15(19-20-16)12-7-3-1-2-4-8-12/h12-14H,1-11,17H2. The Bertz CT molecular complexity index is 410. The van der Waals surface area contributed by atoms with Crippen LogP contribution in [0, 0.1) is 5.92 Å². The fourth-order valence-corrected chi connectivity index (χ4v) is 3.92. The van der Waals surface area contributed by atoms with E-state index in [4.69, 9.17) is 15.2 Å². The smallest absolute Gasteiger partial charge is 0.230 e. The Morgan fingerprint density at radius 3 is 2.40 bits per heavy atom. The van der Waals surface area contributed by atoms with E-state index in [-0.39, 0.29) is 0 Å². The lowest BCUT2D eigenvalue weighted by Crippen LogP contribution is -2.25. The number of hydrogen-bond donors (Lipinski definition) is 1. The van der Waals surface area contributed by atoms with Gasteiger partial charge in [0.1, 0.15) is 0 Å². The van der Waals surface area contributed by atoms with Crippen molar-refractivity contribution < 1.29 is 4.52 Å². The second-order valence-corrected chi connectivity index (χ2v) is 6.57. The lowest BCUT2D eigenvalue weighted by Gasteiger charge is -2.27. The largest absolute Gasteiger partial charge is 0.339 e. The van der Waals surface area contributed by atoms with E-state index in [0.717, 1.165) is 24.7 Å². The Morgan fingerprint density at radius 2 is 1.65 bits per heavy atom. The van der Waals surface area contributed by atoms with Crippen LogP contribution in [0.2, 0.25) is 0 Å². The molecule has 1 aromatic heterocycles. The summed E-state index contributed by atoms with van der Waals surface area (Å²) in [5.74, 6) is 3.28. The van der Waals surface area contributed by atoms with E-state index in [2.05, 4.69) is 5.16 Å². The minimum atomic E-state index is 0.403. The van der Waals surface area contributed by atoms with Crippen molar-refractivity contribution >= 4 is 0 Å². The summed E-state index contributed by atoms with van der Waals surface area (Å²) < 4.78 is 5.61. The summed E-state index contributed by atoms with van der Waals surface area (Å²) in [6.45, 7) is 0.742. The van der Waals surface area contributed by atoms with Crippen LogP contribution in [0.15, 0.2) is 4.52 Å². The maximum atomic E-state index is 5.91. The van der Waals surface area contributed by atoms with E-state index in [9.17, 15) is 0 Å². The zero-order valence-electron chi connectivity index (χ0n) is 12.4. The molecule has 0 radical (unpaired) electrons. The molecule has 0 aromatic carbocycles. The SMILES string of the molecule is NCC1CCCCC1c1nc(C2CCCCCC2)no1. The van der Waals surface area contributed by atoms with Crippen LogP contribution in [-0.4, -0.2) is 16.7 Å². The van der Waals surface area contributed by atoms with Crippen molar-refractivity contribution in [3.05, 3.63) is 11.7 Å². The second kappa shape index (κ2) is 6.70. The first kappa shape index (κ1) is 14.1. The molecule has 2 aliphatic rings. The van der Waals surface area contributed by atoms with Crippen LogP contribution < -0.4 is 5.73 Å². The van der Waals surface area contributed by atoms with Crippen molar-refractivity contribution in [1.29, 1.82) is 0 Å². The topological polar surface area (TPSA) is 64.9 Å². The number of hydrogen-bond acceptors (Lipinski definition) is 4. The molecule has 20 heavy (non-hydrogen) atoms. The average molecular weight is 277 g/mol.